The minimum Gasteiger partial charge on any atom is -0.494 e. The van der Waals surface area contributed by atoms with E-state index in [0.717, 1.165) is 41.9 Å². The number of ether oxygens (including phenoxy) is 1. The van der Waals surface area contributed by atoms with Crippen molar-refractivity contribution in [2.24, 2.45) is 29.6 Å². The van der Waals surface area contributed by atoms with E-state index in [1.807, 2.05) is 0 Å². The van der Waals surface area contributed by atoms with Crippen LogP contribution in [-0.4, -0.2) is 6.61 Å². The van der Waals surface area contributed by atoms with Crippen LogP contribution in [0.25, 0.3) is 0 Å². The largest absolute Gasteiger partial charge is 0.494 e. The molecule has 0 spiro atoms. The summed E-state index contributed by atoms with van der Waals surface area (Å²) in [6, 6.07) is 6.83. The molecule has 0 amide bonds. The molecule has 0 aliphatic heterocycles. The Morgan fingerprint density at radius 2 is 1.69 bits per heavy atom. The van der Waals surface area contributed by atoms with Crippen LogP contribution in [0.1, 0.15) is 69.9 Å². The molecule has 0 heterocycles. The maximum atomic E-state index is 5.70. The molecule has 1 nitrogen and oxygen atoms in total. The Balaban J connectivity index is 1.36. The lowest BCUT2D eigenvalue weighted by Gasteiger charge is -2.44. The van der Waals surface area contributed by atoms with Crippen molar-refractivity contribution in [3.05, 3.63) is 41.5 Å². The standard InChI is InChI=1S/C25H36O/c1-3-5-18-6-7-20-15-21(9-8-19(20)14-18)22-10-11-24-17-25(26-4-2)13-12-23(24)16-22/h3,5,12-13,17-22H,4,6-11,14-16H2,1-2H3/t18-,19-,20-,21?,22?/m1/s1. The average Bonchev–Trinajstić information content (AvgIpc) is 2.68. The number of hydrogen-bond donors (Lipinski definition) is 0. The molecule has 0 aromatic heterocycles. The summed E-state index contributed by atoms with van der Waals surface area (Å²) in [7, 11) is 0. The Bertz CT molecular complexity index is 631. The van der Waals surface area contributed by atoms with Crippen LogP contribution in [0.15, 0.2) is 30.4 Å². The molecule has 2 saturated carbocycles. The molecule has 0 saturated heterocycles. The predicted molar refractivity (Wildman–Crippen MR) is 110 cm³/mol. The predicted octanol–water partition coefficient (Wildman–Crippen LogP) is 6.60. The summed E-state index contributed by atoms with van der Waals surface area (Å²) >= 11 is 0. The lowest BCUT2D eigenvalue weighted by Crippen LogP contribution is -2.34. The second-order valence-corrected chi connectivity index (χ2v) is 9.06. The molecule has 1 aromatic rings. The van der Waals surface area contributed by atoms with Gasteiger partial charge in [0.2, 0.25) is 0 Å². The zero-order valence-corrected chi connectivity index (χ0v) is 16.8. The molecular weight excluding hydrogens is 316 g/mol. The summed E-state index contributed by atoms with van der Waals surface area (Å²) in [4.78, 5) is 0. The average molecular weight is 353 g/mol. The third kappa shape index (κ3) is 3.87. The van der Waals surface area contributed by atoms with Crippen molar-refractivity contribution < 1.29 is 4.74 Å². The molecule has 1 aromatic carbocycles. The maximum absolute atomic E-state index is 5.70. The van der Waals surface area contributed by atoms with Crippen molar-refractivity contribution in [1.29, 1.82) is 0 Å². The van der Waals surface area contributed by atoms with Crippen molar-refractivity contribution in [2.75, 3.05) is 6.61 Å². The summed E-state index contributed by atoms with van der Waals surface area (Å²) < 4.78 is 5.70. The highest BCUT2D eigenvalue weighted by Gasteiger charge is 2.38. The van der Waals surface area contributed by atoms with E-state index in [1.54, 1.807) is 11.1 Å². The van der Waals surface area contributed by atoms with Crippen LogP contribution in [0.3, 0.4) is 0 Å². The van der Waals surface area contributed by atoms with Crippen LogP contribution in [0.4, 0.5) is 0 Å². The van der Waals surface area contributed by atoms with Gasteiger partial charge in [-0.05, 0) is 124 Å². The normalized spacial score (nSPS) is 34.3. The first kappa shape index (κ1) is 18.1. The molecule has 2 unspecified atom stereocenters. The van der Waals surface area contributed by atoms with Crippen LogP contribution in [-0.2, 0) is 12.8 Å². The molecule has 0 bridgehead atoms. The van der Waals surface area contributed by atoms with Crippen LogP contribution in [0.2, 0.25) is 0 Å². The fraction of sp³-hybridized carbons (Fsp3) is 0.680. The van der Waals surface area contributed by atoms with Gasteiger partial charge in [0.25, 0.3) is 0 Å². The molecule has 0 radical (unpaired) electrons. The van der Waals surface area contributed by atoms with Crippen molar-refractivity contribution in [2.45, 2.75) is 71.6 Å². The van der Waals surface area contributed by atoms with Gasteiger partial charge in [0.15, 0.2) is 0 Å². The van der Waals surface area contributed by atoms with E-state index in [-0.39, 0.29) is 0 Å². The first-order chi connectivity index (χ1) is 12.8. The van der Waals surface area contributed by atoms with E-state index in [2.05, 4.69) is 44.2 Å². The van der Waals surface area contributed by atoms with Crippen molar-refractivity contribution in [1.82, 2.24) is 0 Å². The minimum atomic E-state index is 0.765. The fourth-order valence-corrected chi connectivity index (χ4v) is 6.26. The van der Waals surface area contributed by atoms with E-state index in [0.29, 0.717) is 0 Å². The number of benzene rings is 1. The molecule has 0 N–H and O–H groups in total. The van der Waals surface area contributed by atoms with Crippen LogP contribution in [0, 0.1) is 29.6 Å². The lowest BCUT2D eigenvalue weighted by molar-refractivity contribution is 0.0810. The smallest absolute Gasteiger partial charge is 0.119 e. The summed E-state index contributed by atoms with van der Waals surface area (Å²) in [6.07, 6.45) is 17.6. The first-order valence-electron chi connectivity index (χ1n) is 11.1. The van der Waals surface area contributed by atoms with E-state index < -0.39 is 0 Å². The number of rotatable bonds is 4. The highest BCUT2D eigenvalue weighted by molar-refractivity contribution is 5.37. The Hall–Kier alpha value is -1.24. The Morgan fingerprint density at radius 1 is 0.923 bits per heavy atom. The molecule has 4 rings (SSSR count). The third-order valence-corrected chi connectivity index (χ3v) is 7.58. The first-order valence-corrected chi connectivity index (χ1v) is 11.1. The third-order valence-electron chi connectivity index (χ3n) is 7.58. The maximum Gasteiger partial charge on any atom is 0.119 e. The summed E-state index contributed by atoms with van der Waals surface area (Å²) in [5.74, 6) is 5.88. The van der Waals surface area contributed by atoms with Crippen LogP contribution in [0.5, 0.6) is 5.75 Å². The van der Waals surface area contributed by atoms with Gasteiger partial charge in [0.05, 0.1) is 6.61 Å². The molecule has 3 aliphatic rings. The highest BCUT2D eigenvalue weighted by Crippen LogP contribution is 2.48. The highest BCUT2D eigenvalue weighted by atomic mass is 16.5. The topological polar surface area (TPSA) is 9.23 Å². The summed E-state index contributed by atoms with van der Waals surface area (Å²) in [5.41, 5.74) is 3.15. The second-order valence-electron chi connectivity index (χ2n) is 9.06. The van der Waals surface area contributed by atoms with Gasteiger partial charge in [-0.1, -0.05) is 18.2 Å². The molecular formula is C25H36O. The molecule has 5 atom stereocenters. The van der Waals surface area contributed by atoms with E-state index in [4.69, 9.17) is 4.74 Å². The van der Waals surface area contributed by atoms with Gasteiger partial charge in [-0.15, -0.1) is 0 Å². The Labute approximate surface area is 160 Å². The minimum absolute atomic E-state index is 0.765. The molecule has 3 aliphatic carbocycles. The number of fused-ring (bicyclic) bond motifs is 2. The van der Waals surface area contributed by atoms with Gasteiger partial charge >= 0.3 is 0 Å². The van der Waals surface area contributed by atoms with E-state index >= 15 is 0 Å². The summed E-state index contributed by atoms with van der Waals surface area (Å²) in [5, 5.41) is 0. The molecule has 142 valence electrons. The van der Waals surface area contributed by atoms with Crippen molar-refractivity contribution in [3.63, 3.8) is 0 Å². The van der Waals surface area contributed by atoms with Gasteiger partial charge in [0.1, 0.15) is 5.75 Å². The Kier molecular flexibility index (Phi) is 5.72. The quantitative estimate of drug-likeness (QED) is 0.555. The second kappa shape index (κ2) is 8.19. The lowest BCUT2D eigenvalue weighted by atomic mass is 9.61. The van der Waals surface area contributed by atoms with E-state index in [1.165, 1.54) is 57.8 Å². The number of allylic oxidation sites excluding steroid dienone is 2. The number of aryl methyl sites for hydroxylation is 1. The van der Waals surface area contributed by atoms with Gasteiger partial charge in [0, 0.05) is 0 Å². The molecule has 26 heavy (non-hydrogen) atoms. The summed E-state index contributed by atoms with van der Waals surface area (Å²) in [6.45, 7) is 5.01. The SMILES string of the molecule is CC=C[C@@H]1CC[C@@H]2CC(C3CCc4cc(OCC)ccc4C3)CC[C@@H]2C1. The zero-order chi connectivity index (χ0) is 17.9. The van der Waals surface area contributed by atoms with Crippen molar-refractivity contribution >= 4 is 0 Å². The van der Waals surface area contributed by atoms with Crippen molar-refractivity contribution in [3.8, 4) is 5.75 Å². The van der Waals surface area contributed by atoms with Crippen LogP contribution >= 0.6 is 0 Å². The number of hydrogen-bond acceptors (Lipinski definition) is 1. The monoisotopic (exact) mass is 352 g/mol. The van der Waals surface area contributed by atoms with Gasteiger partial charge < -0.3 is 4.74 Å². The fourth-order valence-electron chi connectivity index (χ4n) is 6.26. The molecule has 2 fully saturated rings. The Morgan fingerprint density at radius 3 is 2.50 bits per heavy atom. The van der Waals surface area contributed by atoms with Gasteiger partial charge in [-0.3, -0.25) is 0 Å². The van der Waals surface area contributed by atoms with Gasteiger partial charge in [-0.25, -0.2) is 0 Å². The van der Waals surface area contributed by atoms with Crippen LogP contribution < -0.4 is 4.74 Å². The molecule has 1 heteroatoms. The zero-order valence-electron chi connectivity index (χ0n) is 16.8. The van der Waals surface area contributed by atoms with Gasteiger partial charge in [-0.2, -0.15) is 0 Å². The van der Waals surface area contributed by atoms with E-state index in [9.17, 15) is 0 Å².